The molecule has 0 unspecified atom stereocenters. The van der Waals surface area contributed by atoms with E-state index in [1.165, 1.54) is 6.34 Å². The normalized spacial score (nSPS) is 33.2. The summed E-state index contributed by atoms with van der Waals surface area (Å²) in [4.78, 5) is 11.6. The van der Waals surface area contributed by atoms with Crippen molar-refractivity contribution in [2.45, 2.75) is 6.92 Å². The largest absolute Gasteiger partial charge is 0.245 e. The van der Waals surface area contributed by atoms with E-state index in [1.807, 2.05) is 6.92 Å². The van der Waals surface area contributed by atoms with E-state index in [0.29, 0.717) is 0 Å². The molecule has 9 heavy (non-hydrogen) atoms. The second-order valence-electron chi connectivity index (χ2n) is 1.56. The van der Waals surface area contributed by atoms with Crippen LogP contribution in [0, 0.1) is 0 Å². The molecule has 0 N–H and O–H groups in total. The average Bonchev–Trinajstić information content (AvgIpc) is 1.79. The molecule has 1 heterocycles. The molecule has 0 spiro atoms. The van der Waals surface area contributed by atoms with Crippen molar-refractivity contribution < 1.29 is 0 Å². The van der Waals surface area contributed by atoms with Crippen molar-refractivity contribution in [2.75, 3.05) is 0 Å². The maximum atomic E-state index is 3.93. The van der Waals surface area contributed by atoms with E-state index >= 15 is 0 Å². The highest BCUT2D eigenvalue weighted by atomic mass is 14.9. The van der Waals surface area contributed by atoms with Crippen molar-refractivity contribution in [3.63, 3.8) is 0 Å². The Hall–Kier alpha value is -1.25. The summed E-state index contributed by atoms with van der Waals surface area (Å²) in [5.74, 6) is 0.725. The molecule has 0 aromatic rings. The van der Waals surface area contributed by atoms with E-state index in [9.17, 15) is 0 Å². The molecular weight excluding hydrogens is 114 g/mol. The van der Waals surface area contributed by atoms with Gasteiger partial charge in [0.15, 0.2) is 0 Å². The van der Waals surface area contributed by atoms with Crippen molar-refractivity contribution in [1.82, 2.24) is 0 Å². The molecule has 1 rings (SSSR count). The molecule has 0 atom stereocenters. The number of allylic oxidation sites excluding steroid dienone is 1. The molecule has 3 nitrogen and oxygen atoms in total. The highest BCUT2D eigenvalue weighted by molar-refractivity contribution is 5.95. The van der Waals surface area contributed by atoms with Gasteiger partial charge in [-0.15, -0.1) is 0 Å². The Bertz CT molecular complexity index is 198. The first-order chi connectivity index (χ1) is 4.39. The van der Waals surface area contributed by atoms with Crippen LogP contribution in [0.2, 0.25) is 0 Å². The molecule has 0 saturated heterocycles. The zero-order valence-corrected chi connectivity index (χ0v) is 5.15. The molecule has 0 fully saturated rings. The molecule has 3 heteroatoms. The number of hydrogen-bond donors (Lipinski definition) is 0. The van der Waals surface area contributed by atoms with E-state index in [4.69, 9.17) is 0 Å². The maximum Gasteiger partial charge on any atom is 0.126 e. The van der Waals surface area contributed by atoms with E-state index in [0.717, 1.165) is 5.84 Å². The number of aliphatic imine (C=N–C) groups is 3. The lowest BCUT2D eigenvalue weighted by molar-refractivity contribution is 1.49. The van der Waals surface area contributed by atoms with Crippen LogP contribution in [0.15, 0.2) is 27.3 Å². The molecule has 0 aromatic heterocycles. The van der Waals surface area contributed by atoms with Gasteiger partial charge in [0.2, 0.25) is 0 Å². The lowest BCUT2D eigenvalue weighted by atomic mass is 10.6. The van der Waals surface area contributed by atoms with Crippen LogP contribution in [0.4, 0.5) is 0 Å². The Kier molecular flexibility index (Phi) is 1.90. The van der Waals surface area contributed by atoms with Crippen LogP contribution in [0.5, 0.6) is 0 Å². The van der Waals surface area contributed by atoms with Crippen LogP contribution in [0.1, 0.15) is 6.92 Å². The van der Waals surface area contributed by atoms with Gasteiger partial charge in [0.1, 0.15) is 12.2 Å². The molecule has 0 bridgehead atoms. The lowest BCUT2D eigenvalue weighted by Crippen LogP contribution is -1.86. The highest BCUT2D eigenvalue weighted by Crippen LogP contribution is 1.82. The third-order valence-corrected chi connectivity index (χ3v) is 0.831. The molecular formula is C6H7N3. The minimum absolute atomic E-state index is 0.725. The van der Waals surface area contributed by atoms with E-state index < -0.39 is 0 Å². The fraction of sp³-hybridized carbons (Fsp3) is 0.167. The first kappa shape index (κ1) is 5.88. The van der Waals surface area contributed by atoms with Gasteiger partial charge in [-0.1, -0.05) is 0 Å². The molecule has 0 aliphatic carbocycles. The molecule has 0 radical (unpaired) electrons. The number of nitrogens with zero attached hydrogens (tertiary/aromatic N) is 3. The lowest BCUT2D eigenvalue weighted by Gasteiger charge is -1.86. The summed E-state index contributed by atoms with van der Waals surface area (Å²) in [6, 6.07) is 0. The van der Waals surface area contributed by atoms with Gasteiger partial charge in [0.25, 0.3) is 0 Å². The fourth-order valence-electron chi connectivity index (χ4n) is 0.428. The third kappa shape index (κ3) is 1.99. The Morgan fingerprint density at radius 1 is 1.44 bits per heavy atom. The standard InChI is InChI=1S/C6H7N3/c1-6-8-4-2-3-7-5-9-6/h2-5H,1H3/b3-2+,4-2?,7-3?,7-5-,8-4+,8-6?,9-5?,9-6-. The number of rotatable bonds is 0. The van der Waals surface area contributed by atoms with Crippen LogP contribution in [-0.2, 0) is 0 Å². The highest BCUT2D eigenvalue weighted by Gasteiger charge is 1.79. The Balaban J connectivity index is 2.77. The molecule has 1 aliphatic heterocycles. The number of hydrogen-bond acceptors (Lipinski definition) is 3. The van der Waals surface area contributed by atoms with Gasteiger partial charge < -0.3 is 0 Å². The SMILES string of the molecule is CC1=N/C=N\C=C\C=N\1. The summed E-state index contributed by atoms with van der Waals surface area (Å²) < 4.78 is 0. The van der Waals surface area contributed by atoms with E-state index in [2.05, 4.69) is 15.0 Å². The van der Waals surface area contributed by atoms with Gasteiger partial charge in [0.05, 0.1) is 0 Å². The summed E-state index contributed by atoms with van der Waals surface area (Å²) in [7, 11) is 0. The van der Waals surface area contributed by atoms with Gasteiger partial charge in [-0.3, -0.25) is 0 Å². The second kappa shape index (κ2) is 2.91. The molecule has 0 saturated carbocycles. The van der Waals surface area contributed by atoms with Gasteiger partial charge in [-0.2, -0.15) is 0 Å². The minimum atomic E-state index is 0.725. The van der Waals surface area contributed by atoms with Gasteiger partial charge in [-0.25, -0.2) is 15.0 Å². The Labute approximate surface area is 53.6 Å². The van der Waals surface area contributed by atoms with Crippen LogP contribution in [0.25, 0.3) is 0 Å². The third-order valence-electron chi connectivity index (χ3n) is 0.831. The Morgan fingerprint density at radius 3 is 3.22 bits per heavy atom. The van der Waals surface area contributed by atoms with Crippen molar-refractivity contribution in [3.05, 3.63) is 12.3 Å². The first-order valence-corrected chi connectivity index (χ1v) is 2.65. The summed E-state index contributed by atoms with van der Waals surface area (Å²) in [5.41, 5.74) is 0. The Morgan fingerprint density at radius 2 is 2.33 bits per heavy atom. The van der Waals surface area contributed by atoms with E-state index in [-0.39, 0.29) is 0 Å². The quantitative estimate of drug-likeness (QED) is 0.459. The molecule has 46 valence electrons. The van der Waals surface area contributed by atoms with Gasteiger partial charge >= 0.3 is 0 Å². The second-order valence-corrected chi connectivity index (χ2v) is 1.56. The minimum Gasteiger partial charge on any atom is -0.245 e. The van der Waals surface area contributed by atoms with Crippen molar-refractivity contribution >= 4 is 18.4 Å². The van der Waals surface area contributed by atoms with Gasteiger partial charge in [-0.05, 0) is 13.0 Å². The summed E-state index contributed by atoms with van der Waals surface area (Å²) >= 11 is 0. The fourth-order valence-corrected chi connectivity index (χ4v) is 0.428. The van der Waals surface area contributed by atoms with Crippen LogP contribution < -0.4 is 0 Å². The van der Waals surface area contributed by atoms with Gasteiger partial charge in [0, 0.05) is 12.4 Å². The predicted octanol–water partition coefficient (Wildman–Crippen LogP) is 1.03. The summed E-state index contributed by atoms with van der Waals surface area (Å²) in [5, 5.41) is 0. The topological polar surface area (TPSA) is 37.1 Å². The smallest absolute Gasteiger partial charge is 0.126 e. The monoisotopic (exact) mass is 121 g/mol. The van der Waals surface area contributed by atoms with Crippen LogP contribution >= 0.6 is 0 Å². The van der Waals surface area contributed by atoms with Crippen molar-refractivity contribution in [1.29, 1.82) is 0 Å². The zero-order valence-electron chi connectivity index (χ0n) is 5.15. The molecule has 0 aromatic carbocycles. The first-order valence-electron chi connectivity index (χ1n) is 2.65. The summed E-state index contributed by atoms with van der Waals surface area (Å²) in [6.07, 6.45) is 6.53. The molecule has 0 amide bonds. The van der Waals surface area contributed by atoms with Crippen LogP contribution in [-0.4, -0.2) is 18.4 Å². The van der Waals surface area contributed by atoms with Crippen molar-refractivity contribution in [2.24, 2.45) is 15.0 Å². The number of amidine groups is 1. The predicted molar refractivity (Wildman–Crippen MR) is 39.2 cm³/mol. The average molecular weight is 121 g/mol. The zero-order chi connectivity index (χ0) is 6.53. The summed E-state index contributed by atoms with van der Waals surface area (Å²) in [6.45, 7) is 1.82. The maximum absolute atomic E-state index is 3.93. The van der Waals surface area contributed by atoms with Crippen molar-refractivity contribution in [3.8, 4) is 0 Å². The van der Waals surface area contributed by atoms with Crippen LogP contribution in [0.3, 0.4) is 0 Å². The van der Waals surface area contributed by atoms with E-state index in [1.54, 1.807) is 18.5 Å². The molecule has 1 aliphatic rings.